The summed E-state index contributed by atoms with van der Waals surface area (Å²) >= 11 is 0. The fourth-order valence-corrected chi connectivity index (χ4v) is 36.2. The van der Waals surface area contributed by atoms with Crippen molar-refractivity contribution in [3.8, 4) is 0 Å². The molecule has 6 atom stereocenters. The monoisotopic (exact) mass is 939 g/mol. The van der Waals surface area contributed by atoms with Crippen molar-refractivity contribution in [2.75, 3.05) is 13.2 Å². The van der Waals surface area contributed by atoms with Crippen molar-refractivity contribution in [3.05, 3.63) is 24.3 Å². The zero-order valence-corrected chi connectivity index (χ0v) is 49.0. The van der Waals surface area contributed by atoms with Gasteiger partial charge in [0, 0.05) is 37.9 Å². The molecule has 2 aliphatic carbocycles. The molecule has 0 radical (unpaired) electrons. The van der Waals surface area contributed by atoms with Gasteiger partial charge in [-0.2, -0.15) is 0 Å². The summed E-state index contributed by atoms with van der Waals surface area (Å²) in [4.78, 5) is 14.2. The molecule has 0 N–H and O–H groups in total. The first-order chi connectivity index (χ1) is 28.4. The van der Waals surface area contributed by atoms with E-state index in [1.54, 1.807) is 0 Å². The summed E-state index contributed by atoms with van der Waals surface area (Å²) in [6.07, 6.45) is -0.967. The van der Waals surface area contributed by atoms with Crippen LogP contribution in [0.2, 0.25) is 66.5 Å². The predicted molar refractivity (Wildman–Crippen MR) is 275 cm³/mol. The molecule has 0 saturated heterocycles. The number of hydrogen-bond acceptors (Lipinski definition) is 7. The highest BCUT2D eigenvalue weighted by molar-refractivity contribution is 6.79. The van der Waals surface area contributed by atoms with Crippen LogP contribution in [0.25, 0.3) is 0 Å². The lowest BCUT2D eigenvalue weighted by Gasteiger charge is -2.46. The highest BCUT2D eigenvalue weighted by atomic mass is 28.4. The van der Waals surface area contributed by atoms with Crippen LogP contribution in [0.5, 0.6) is 0 Å². The van der Waals surface area contributed by atoms with Gasteiger partial charge in [-0.05, 0) is 77.6 Å². The third-order valence-electron chi connectivity index (χ3n) is 16.6. The van der Waals surface area contributed by atoms with Crippen LogP contribution in [-0.2, 0) is 27.2 Å². The van der Waals surface area contributed by atoms with Crippen molar-refractivity contribution in [2.45, 2.75) is 270 Å². The molecule has 2 unspecified atom stereocenters. The van der Waals surface area contributed by atoms with Crippen LogP contribution >= 0.6 is 0 Å². The average molecular weight is 940 g/mol. The quantitative estimate of drug-likeness (QED) is 0.0542. The van der Waals surface area contributed by atoms with Crippen LogP contribution in [0, 0.1) is 11.8 Å². The van der Waals surface area contributed by atoms with Crippen molar-refractivity contribution in [1.82, 2.24) is 0 Å². The van der Waals surface area contributed by atoms with Gasteiger partial charge in [0.25, 0.3) is 0 Å². The van der Waals surface area contributed by atoms with Crippen molar-refractivity contribution in [3.63, 3.8) is 0 Å². The summed E-state index contributed by atoms with van der Waals surface area (Å²) in [5, 5.41) is 0. The molecule has 0 aliphatic heterocycles. The Morgan fingerprint density at radius 2 is 0.629 bits per heavy atom. The van der Waals surface area contributed by atoms with Crippen molar-refractivity contribution < 1.29 is 32.0 Å². The average Bonchev–Trinajstić information content (AvgIpc) is 3.56. The molecule has 0 bridgehead atoms. The largest absolute Gasteiger partial charge is 0.509 e. The van der Waals surface area contributed by atoms with Crippen molar-refractivity contribution >= 4 is 39.4 Å². The smallest absolute Gasteiger partial charge is 0.426 e. The summed E-state index contributed by atoms with van der Waals surface area (Å²) < 4.78 is 42.5. The standard InChI is InChI=1S/C51H102O7Si4/c1-31(2)59(32(3)4,33(5)6)53-29-45-43(25)47(27-49(45)57-61(37(13)14,38(15)16)39(17)18)55-51(52)56-48-28-50(58-62(40(19)20,41(21)22)42(23)24)46(44(48)26)30-54-60(34(7)8,35(9)10)36(11)12/h31-42,45-50H,25-30H2,1-24H3/t45-,46-,47?,48?,49-,50-/m0/s1. The van der Waals surface area contributed by atoms with Gasteiger partial charge in [0.1, 0.15) is 12.2 Å². The Balaban J connectivity index is 2.56. The molecule has 2 fully saturated rings. The summed E-state index contributed by atoms with van der Waals surface area (Å²) in [7, 11) is -9.01. The molecule has 7 nitrogen and oxygen atoms in total. The minimum absolute atomic E-state index is 0.0895. The van der Waals surface area contributed by atoms with E-state index in [9.17, 15) is 4.79 Å². The second kappa shape index (κ2) is 23.0. The van der Waals surface area contributed by atoms with Gasteiger partial charge in [-0.1, -0.05) is 179 Å². The van der Waals surface area contributed by atoms with Crippen LogP contribution in [0.4, 0.5) is 4.79 Å². The molecule has 0 aromatic heterocycles. The van der Waals surface area contributed by atoms with E-state index >= 15 is 0 Å². The molecule has 0 aromatic carbocycles. The first-order valence-corrected chi connectivity index (χ1v) is 33.8. The molecule has 2 saturated carbocycles. The minimum Gasteiger partial charge on any atom is -0.426 e. The van der Waals surface area contributed by atoms with E-state index in [0.29, 0.717) is 92.5 Å². The number of ether oxygens (including phenoxy) is 2. The van der Waals surface area contributed by atoms with Crippen LogP contribution in [0.1, 0.15) is 179 Å². The van der Waals surface area contributed by atoms with Gasteiger partial charge in [0.05, 0.1) is 12.2 Å². The van der Waals surface area contributed by atoms with Gasteiger partial charge in [-0.15, -0.1) is 0 Å². The van der Waals surface area contributed by atoms with Crippen LogP contribution in [0.3, 0.4) is 0 Å². The lowest BCUT2D eigenvalue weighted by Crippen LogP contribution is -2.52. The topological polar surface area (TPSA) is 72.5 Å². The Labute approximate surface area is 388 Å². The Hall–Kier alpha value is -0.542. The van der Waals surface area contributed by atoms with E-state index in [4.69, 9.17) is 27.2 Å². The van der Waals surface area contributed by atoms with E-state index in [2.05, 4.69) is 179 Å². The van der Waals surface area contributed by atoms with Gasteiger partial charge in [-0.25, -0.2) is 4.79 Å². The highest BCUT2D eigenvalue weighted by Gasteiger charge is 2.55. The fourth-order valence-electron chi connectivity index (χ4n) is 14.0. The van der Waals surface area contributed by atoms with Gasteiger partial charge in [0.2, 0.25) is 16.6 Å². The summed E-state index contributed by atoms with van der Waals surface area (Å²) in [6, 6.07) is 0. The number of carbonyl (C=O) groups excluding carboxylic acids is 1. The summed E-state index contributed by atoms with van der Waals surface area (Å²) in [5.41, 5.74) is 6.93. The molecule has 62 heavy (non-hydrogen) atoms. The number of carbonyl (C=O) groups is 1. The maximum absolute atomic E-state index is 14.2. The number of rotatable bonds is 24. The Morgan fingerprint density at radius 1 is 0.419 bits per heavy atom. The Kier molecular flexibility index (Phi) is 21.3. The van der Waals surface area contributed by atoms with E-state index in [-0.39, 0.29) is 24.0 Å². The highest BCUT2D eigenvalue weighted by Crippen LogP contribution is 2.51. The molecule has 0 heterocycles. The first kappa shape index (κ1) is 57.6. The molecule has 11 heteroatoms. The van der Waals surface area contributed by atoms with Crippen molar-refractivity contribution in [1.29, 1.82) is 0 Å². The van der Waals surface area contributed by atoms with Crippen LogP contribution in [-0.4, -0.2) is 77.1 Å². The third-order valence-corrected chi connectivity index (χ3v) is 41.0. The van der Waals surface area contributed by atoms with E-state index < -0.39 is 51.6 Å². The molecule has 0 spiro atoms. The minimum atomic E-state index is -2.30. The summed E-state index contributed by atoms with van der Waals surface area (Å²) in [5.74, 6) is -0.179. The molecular formula is C51H102O7Si4. The molecule has 2 rings (SSSR count). The molecule has 2 aliphatic rings. The van der Waals surface area contributed by atoms with Gasteiger partial charge < -0.3 is 27.2 Å². The maximum atomic E-state index is 14.2. The zero-order valence-electron chi connectivity index (χ0n) is 45.0. The maximum Gasteiger partial charge on any atom is 0.509 e. The van der Waals surface area contributed by atoms with E-state index in [0.717, 1.165) is 11.1 Å². The zero-order chi connectivity index (χ0) is 48.2. The molecule has 364 valence electrons. The third kappa shape index (κ3) is 11.4. The molecule has 0 aromatic rings. The van der Waals surface area contributed by atoms with Gasteiger partial charge >= 0.3 is 6.16 Å². The van der Waals surface area contributed by atoms with Gasteiger partial charge in [0.15, 0.2) is 16.6 Å². The van der Waals surface area contributed by atoms with Crippen LogP contribution in [0.15, 0.2) is 24.3 Å². The predicted octanol–water partition coefficient (Wildman–Crippen LogP) is 16.5. The van der Waals surface area contributed by atoms with Crippen LogP contribution < -0.4 is 0 Å². The Morgan fingerprint density at radius 3 is 0.823 bits per heavy atom. The van der Waals surface area contributed by atoms with Gasteiger partial charge in [-0.3, -0.25) is 0 Å². The van der Waals surface area contributed by atoms with E-state index in [1.807, 2.05) is 0 Å². The fraction of sp³-hybridized carbons (Fsp3) is 0.902. The molecule has 0 amide bonds. The second-order valence-electron chi connectivity index (χ2n) is 23.5. The number of hydrogen-bond donors (Lipinski definition) is 0. The van der Waals surface area contributed by atoms with E-state index in [1.165, 1.54) is 0 Å². The lowest BCUT2D eigenvalue weighted by atomic mass is 10.0. The second-order valence-corrected chi connectivity index (χ2v) is 45.2. The first-order valence-electron chi connectivity index (χ1n) is 25.2. The Bertz CT molecular complexity index is 1240. The summed E-state index contributed by atoms with van der Waals surface area (Å²) in [6.45, 7) is 66.3. The lowest BCUT2D eigenvalue weighted by molar-refractivity contribution is 0.0105. The SMILES string of the molecule is C=C1C(OC(=O)OC2C[C@H](O[Si](C(C)C)(C(C)C)C(C)C)[C@@H](CO[Si](C(C)C)(C(C)C)C(C)C)C2=C)C[C@H](O[Si](C(C)C)(C(C)C)C(C)C)[C@H]1CO[Si](C(C)C)(C(C)C)C(C)C. The molecular weight excluding hydrogens is 837 g/mol. The van der Waals surface area contributed by atoms with Crippen molar-refractivity contribution in [2.24, 2.45) is 11.8 Å². The normalized spacial score (nSPS) is 23.7.